The molecule has 2 fully saturated rings. The number of hydrogen-bond donors (Lipinski definition) is 1. The second kappa shape index (κ2) is 14.4. The van der Waals surface area contributed by atoms with Crippen molar-refractivity contribution in [3.8, 4) is 0 Å². The second-order valence-electron chi connectivity index (χ2n) is 14.2. The van der Waals surface area contributed by atoms with Gasteiger partial charge < -0.3 is 5.11 Å². The van der Waals surface area contributed by atoms with E-state index in [0.29, 0.717) is 36.0 Å². The number of likely N-dealkylation sites (tertiary alicyclic amines) is 1. The minimum atomic E-state index is -4.55. The molecule has 0 radical (unpaired) electrons. The van der Waals surface area contributed by atoms with Gasteiger partial charge in [-0.15, -0.1) is 0 Å². The first kappa shape index (κ1) is 37.1. The Bertz CT molecular complexity index is 1320. The molecular weight excluding hydrogens is 630 g/mol. The highest BCUT2D eigenvalue weighted by Crippen LogP contribution is 2.52. The van der Waals surface area contributed by atoms with Crippen LogP contribution in [0.15, 0.2) is 48.5 Å². The summed E-state index contributed by atoms with van der Waals surface area (Å²) in [6, 6.07) is 9.63. The smallest absolute Gasteiger partial charge is 0.416 e. The van der Waals surface area contributed by atoms with E-state index in [4.69, 9.17) is 0 Å². The molecule has 2 aromatic carbocycles. The number of carboxylic acids is 1. The minimum absolute atomic E-state index is 0.00908. The number of aliphatic carboxylic acids is 1. The van der Waals surface area contributed by atoms with Gasteiger partial charge in [0.15, 0.2) is 0 Å². The molecule has 0 amide bonds. The van der Waals surface area contributed by atoms with Crippen LogP contribution in [0, 0.1) is 29.6 Å². The number of nitrogens with zero attached hydrogens (tertiary/aromatic N) is 1. The Kier molecular flexibility index (Phi) is 11.4. The van der Waals surface area contributed by atoms with Gasteiger partial charge in [-0.2, -0.15) is 26.3 Å². The molecule has 262 valence electrons. The number of piperidine rings is 1. The zero-order valence-electron chi connectivity index (χ0n) is 27.2. The van der Waals surface area contributed by atoms with Crippen LogP contribution in [0.25, 0.3) is 0 Å². The van der Waals surface area contributed by atoms with Crippen molar-refractivity contribution in [2.45, 2.75) is 109 Å². The van der Waals surface area contributed by atoms with Crippen molar-refractivity contribution in [3.05, 3.63) is 70.8 Å². The molecule has 2 aliphatic rings. The number of hydrogen-bond acceptors (Lipinski definition) is 2. The van der Waals surface area contributed by atoms with Crippen LogP contribution in [0.5, 0.6) is 0 Å². The van der Waals surface area contributed by atoms with E-state index in [9.17, 15) is 36.2 Å². The van der Waals surface area contributed by atoms with Crippen LogP contribution in [-0.4, -0.2) is 34.6 Å². The zero-order valence-corrected chi connectivity index (χ0v) is 27.2. The molecule has 6 unspecified atom stereocenters. The monoisotopic (exact) mass is 675 g/mol. The fraction of sp³-hybridized carbons (Fsp3) is 0.639. The highest BCUT2D eigenvalue weighted by molar-refractivity contribution is 5.67. The van der Waals surface area contributed by atoms with Crippen LogP contribution in [0.2, 0.25) is 0 Å². The molecule has 4 rings (SSSR count). The van der Waals surface area contributed by atoms with Gasteiger partial charge in [0.2, 0.25) is 0 Å². The summed E-state index contributed by atoms with van der Waals surface area (Å²) in [4.78, 5) is 13.8. The van der Waals surface area contributed by atoms with Crippen LogP contribution in [0.1, 0.15) is 113 Å². The lowest BCUT2D eigenvalue weighted by molar-refractivity contribution is -0.186. The molecule has 1 aliphatic heterocycles. The maximum atomic E-state index is 15.6. The first-order valence-electron chi connectivity index (χ1n) is 16.5. The number of halogens is 8. The van der Waals surface area contributed by atoms with Crippen LogP contribution in [-0.2, 0) is 11.0 Å². The summed E-state index contributed by atoms with van der Waals surface area (Å²) in [5.41, 5.74) is 0.773. The van der Waals surface area contributed by atoms with E-state index in [1.807, 2.05) is 32.6 Å². The summed E-state index contributed by atoms with van der Waals surface area (Å²) < 4.78 is 113. The average molecular weight is 676 g/mol. The zero-order chi connectivity index (χ0) is 34.9. The largest absolute Gasteiger partial charge is 0.481 e. The Balaban J connectivity index is 1.78. The molecule has 47 heavy (non-hydrogen) atoms. The topological polar surface area (TPSA) is 40.5 Å². The first-order valence-corrected chi connectivity index (χ1v) is 16.5. The van der Waals surface area contributed by atoms with Gasteiger partial charge in [0, 0.05) is 25.0 Å². The van der Waals surface area contributed by atoms with E-state index < -0.39 is 66.6 Å². The van der Waals surface area contributed by atoms with Crippen LogP contribution in [0.4, 0.5) is 35.1 Å². The molecule has 1 heterocycles. The number of carboxylic acid groups (broad SMARTS) is 1. The molecule has 1 saturated heterocycles. The van der Waals surface area contributed by atoms with Crippen molar-refractivity contribution in [1.29, 1.82) is 0 Å². The van der Waals surface area contributed by atoms with Gasteiger partial charge in [0.05, 0.1) is 23.8 Å². The Morgan fingerprint density at radius 3 is 2.00 bits per heavy atom. The van der Waals surface area contributed by atoms with Crippen LogP contribution in [0.3, 0.4) is 0 Å². The van der Waals surface area contributed by atoms with E-state index in [0.717, 1.165) is 12.1 Å². The second-order valence-corrected chi connectivity index (χ2v) is 14.2. The maximum absolute atomic E-state index is 15.6. The number of benzene rings is 2. The fourth-order valence-corrected chi connectivity index (χ4v) is 7.81. The fourth-order valence-electron chi connectivity index (χ4n) is 7.81. The van der Waals surface area contributed by atoms with Gasteiger partial charge >= 0.3 is 18.3 Å². The molecule has 0 bridgehead atoms. The SMILES string of the molecule is CC(C)CCC(c1ccc(C(F)(F)F)cc1)N1CCC(F)(F)C(CC(=O)O)C1c1ccc(C2CC(C(F)(F)F)CCC2C(C)C)cc1. The van der Waals surface area contributed by atoms with Crippen molar-refractivity contribution in [1.82, 2.24) is 4.90 Å². The lowest BCUT2D eigenvalue weighted by atomic mass is 9.67. The summed E-state index contributed by atoms with van der Waals surface area (Å²) in [7, 11) is 0. The predicted octanol–water partition coefficient (Wildman–Crippen LogP) is 11.1. The maximum Gasteiger partial charge on any atom is 0.416 e. The molecule has 0 aromatic heterocycles. The molecule has 2 aromatic rings. The summed E-state index contributed by atoms with van der Waals surface area (Å²) in [6.45, 7) is 7.81. The molecular formula is C36H45F8NO2. The molecule has 1 aliphatic carbocycles. The summed E-state index contributed by atoms with van der Waals surface area (Å²) >= 11 is 0. The van der Waals surface area contributed by atoms with Crippen molar-refractivity contribution in [3.63, 3.8) is 0 Å². The van der Waals surface area contributed by atoms with Gasteiger partial charge in [-0.1, -0.05) is 64.1 Å². The van der Waals surface area contributed by atoms with E-state index >= 15 is 8.78 Å². The quantitative estimate of drug-likeness (QED) is 0.255. The van der Waals surface area contributed by atoms with Gasteiger partial charge in [-0.25, -0.2) is 8.78 Å². The Labute approximate surface area is 271 Å². The van der Waals surface area contributed by atoms with Crippen LogP contribution < -0.4 is 0 Å². The van der Waals surface area contributed by atoms with Gasteiger partial charge in [0.1, 0.15) is 0 Å². The molecule has 6 atom stereocenters. The van der Waals surface area contributed by atoms with Crippen molar-refractivity contribution in [2.75, 3.05) is 6.54 Å². The highest BCUT2D eigenvalue weighted by atomic mass is 19.4. The van der Waals surface area contributed by atoms with E-state index in [1.165, 1.54) is 12.1 Å². The van der Waals surface area contributed by atoms with Crippen molar-refractivity contribution in [2.24, 2.45) is 29.6 Å². The van der Waals surface area contributed by atoms with Crippen LogP contribution >= 0.6 is 0 Å². The number of alkyl halides is 8. The number of carbonyl (C=O) groups is 1. The van der Waals surface area contributed by atoms with Crippen molar-refractivity contribution >= 4 is 5.97 Å². The summed E-state index contributed by atoms with van der Waals surface area (Å²) in [5, 5.41) is 9.72. The summed E-state index contributed by atoms with van der Waals surface area (Å²) in [6.07, 6.45) is -8.81. The van der Waals surface area contributed by atoms with E-state index in [2.05, 4.69) is 0 Å². The molecule has 0 spiro atoms. The third-order valence-electron chi connectivity index (χ3n) is 10.3. The normalized spacial score (nSPS) is 26.5. The van der Waals surface area contributed by atoms with E-state index in [1.54, 1.807) is 24.3 Å². The Morgan fingerprint density at radius 1 is 0.894 bits per heavy atom. The number of rotatable bonds is 10. The third-order valence-corrected chi connectivity index (χ3v) is 10.3. The molecule has 1 N–H and O–H groups in total. The van der Waals surface area contributed by atoms with E-state index in [-0.39, 0.29) is 43.1 Å². The predicted molar refractivity (Wildman–Crippen MR) is 164 cm³/mol. The molecule has 3 nitrogen and oxygen atoms in total. The Morgan fingerprint density at radius 2 is 1.49 bits per heavy atom. The Hall–Kier alpha value is -2.69. The van der Waals surface area contributed by atoms with Crippen molar-refractivity contribution < 1.29 is 45.0 Å². The lowest BCUT2D eigenvalue weighted by Crippen LogP contribution is -2.51. The standard InChI is InChI=1S/C36H45F8NO2/c1-21(2)5-16-31(24-10-12-26(13-11-24)35(39,40)41)45-18-17-34(37,38)30(20-32(46)47)33(45)25-8-6-23(7-9-25)29-19-27(36(42,43)44)14-15-28(29)22(3)4/h6-13,21-22,27-31,33H,5,14-20H2,1-4H3,(H,46,47). The first-order chi connectivity index (χ1) is 21.8. The highest BCUT2D eigenvalue weighted by Gasteiger charge is 2.53. The lowest BCUT2D eigenvalue weighted by Gasteiger charge is -2.49. The van der Waals surface area contributed by atoms with Gasteiger partial charge in [-0.05, 0) is 84.6 Å². The molecule has 1 saturated carbocycles. The summed E-state index contributed by atoms with van der Waals surface area (Å²) in [5.74, 6) is -7.84. The third kappa shape index (κ3) is 8.86. The van der Waals surface area contributed by atoms with Gasteiger partial charge in [0.25, 0.3) is 5.92 Å². The van der Waals surface area contributed by atoms with Gasteiger partial charge in [-0.3, -0.25) is 9.69 Å². The minimum Gasteiger partial charge on any atom is -0.481 e. The molecule has 11 heteroatoms. The average Bonchev–Trinajstić information content (AvgIpc) is 2.97.